The Balaban J connectivity index is 2.20. The second-order valence-corrected chi connectivity index (χ2v) is 4.90. The van der Waals surface area contributed by atoms with Gasteiger partial charge in [-0.3, -0.25) is 9.59 Å². The standard InChI is InChI=1S/C17H18N2O3/c1-11-7-8-13(9-16(11)18-12(2)20)17(21)19-14-5-4-6-15(10-14)22-3/h4-10H,1-3H3,(H,18,20)(H,19,21). The molecule has 0 aromatic heterocycles. The fourth-order valence-corrected chi connectivity index (χ4v) is 1.99. The van der Waals surface area contributed by atoms with E-state index < -0.39 is 0 Å². The molecule has 0 aliphatic rings. The van der Waals surface area contributed by atoms with Crippen LogP contribution in [0.5, 0.6) is 5.75 Å². The molecule has 2 aromatic carbocycles. The Bertz CT molecular complexity index is 711. The maximum atomic E-state index is 12.3. The van der Waals surface area contributed by atoms with Gasteiger partial charge >= 0.3 is 0 Å². The number of carbonyl (C=O) groups is 2. The third-order valence-corrected chi connectivity index (χ3v) is 3.14. The Morgan fingerprint density at radius 3 is 2.50 bits per heavy atom. The zero-order valence-corrected chi connectivity index (χ0v) is 12.8. The molecule has 2 rings (SSSR count). The number of hydrogen-bond donors (Lipinski definition) is 2. The molecule has 114 valence electrons. The maximum Gasteiger partial charge on any atom is 0.255 e. The fraction of sp³-hybridized carbons (Fsp3) is 0.176. The number of methoxy groups -OCH3 is 1. The van der Waals surface area contributed by atoms with Crippen LogP contribution in [0.3, 0.4) is 0 Å². The first kappa shape index (κ1) is 15.6. The Morgan fingerprint density at radius 2 is 1.82 bits per heavy atom. The number of aryl methyl sites for hydroxylation is 1. The molecule has 0 atom stereocenters. The molecule has 0 aliphatic heterocycles. The number of anilines is 2. The minimum absolute atomic E-state index is 0.173. The number of hydrogen-bond acceptors (Lipinski definition) is 3. The van der Waals surface area contributed by atoms with Crippen molar-refractivity contribution in [1.82, 2.24) is 0 Å². The summed E-state index contributed by atoms with van der Waals surface area (Å²) in [7, 11) is 1.57. The Kier molecular flexibility index (Phi) is 4.78. The van der Waals surface area contributed by atoms with Crippen molar-refractivity contribution in [2.45, 2.75) is 13.8 Å². The summed E-state index contributed by atoms with van der Waals surface area (Å²) in [5, 5.41) is 5.51. The SMILES string of the molecule is COc1cccc(NC(=O)c2ccc(C)c(NC(C)=O)c2)c1. The molecule has 0 bridgehead atoms. The van der Waals surface area contributed by atoms with Crippen LogP contribution < -0.4 is 15.4 Å². The van der Waals surface area contributed by atoms with Gasteiger partial charge in [0.2, 0.25) is 5.91 Å². The molecule has 0 fully saturated rings. The predicted molar refractivity (Wildman–Crippen MR) is 86.4 cm³/mol. The first-order valence-corrected chi connectivity index (χ1v) is 6.83. The minimum Gasteiger partial charge on any atom is -0.497 e. The molecule has 0 saturated carbocycles. The molecule has 5 heteroatoms. The van der Waals surface area contributed by atoms with E-state index in [0.717, 1.165) is 5.56 Å². The first-order chi connectivity index (χ1) is 10.5. The molecule has 0 aliphatic carbocycles. The van der Waals surface area contributed by atoms with Gasteiger partial charge in [-0.05, 0) is 36.8 Å². The Hall–Kier alpha value is -2.82. The van der Waals surface area contributed by atoms with Crippen LogP contribution in [0.1, 0.15) is 22.8 Å². The highest BCUT2D eigenvalue weighted by atomic mass is 16.5. The van der Waals surface area contributed by atoms with E-state index in [4.69, 9.17) is 4.74 Å². The minimum atomic E-state index is -0.250. The summed E-state index contributed by atoms with van der Waals surface area (Å²) in [5.74, 6) is 0.244. The van der Waals surface area contributed by atoms with Crippen LogP contribution >= 0.6 is 0 Å². The summed E-state index contributed by atoms with van der Waals surface area (Å²) < 4.78 is 5.12. The smallest absolute Gasteiger partial charge is 0.255 e. The van der Waals surface area contributed by atoms with Crippen LogP contribution in [0.2, 0.25) is 0 Å². The van der Waals surface area contributed by atoms with Crippen molar-refractivity contribution < 1.29 is 14.3 Å². The van der Waals surface area contributed by atoms with E-state index in [9.17, 15) is 9.59 Å². The highest BCUT2D eigenvalue weighted by Crippen LogP contribution is 2.20. The van der Waals surface area contributed by atoms with Gasteiger partial charge in [-0.1, -0.05) is 12.1 Å². The largest absolute Gasteiger partial charge is 0.497 e. The lowest BCUT2D eigenvalue weighted by Gasteiger charge is -2.10. The lowest BCUT2D eigenvalue weighted by atomic mass is 10.1. The average Bonchev–Trinajstić information content (AvgIpc) is 2.49. The van der Waals surface area contributed by atoms with Crippen molar-refractivity contribution in [1.29, 1.82) is 0 Å². The van der Waals surface area contributed by atoms with E-state index in [0.29, 0.717) is 22.7 Å². The second-order valence-electron chi connectivity index (χ2n) is 4.90. The molecule has 2 aromatic rings. The van der Waals surface area contributed by atoms with Gasteiger partial charge in [0.15, 0.2) is 0 Å². The summed E-state index contributed by atoms with van der Waals surface area (Å²) in [6.07, 6.45) is 0. The fourth-order valence-electron chi connectivity index (χ4n) is 1.99. The van der Waals surface area contributed by atoms with Crippen molar-refractivity contribution in [3.8, 4) is 5.75 Å². The van der Waals surface area contributed by atoms with E-state index in [1.54, 1.807) is 49.6 Å². The van der Waals surface area contributed by atoms with Gasteiger partial charge in [-0.15, -0.1) is 0 Å². The quantitative estimate of drug-likeness (QED) is 0.910. The van der Waals surface area contributed by atoms with Crippen LogP contribution in [0, 0.1) is 6.92 Å². The van der Waals surface area contributed by atoms with Crippen molar-refractivity contribution in [3.05, 3.63) is 53.6 Å². The molecule has 0 unspecified atom stereocenters. The number of ether oxygens (including phenoxy) is 1. The highest BCUT2D eigenvalue weighted by Gasteiger charge is 2.09. The van der Waals surface area contributed by atoms with Crippen LogP contribution in [-0.4, -0.2) is 18.9 Å². The molecular weight excluding hydrogens is 280 g/mol. The number of carbonyl (C=O) groups excluding carboxylic acids is 2. The molecule has 22 heavy (non-hydrogen) atoms. The summed E-state index contributed by atoms with van der Waals surface area (Å²) in [5.41, 5.74) is 2.64. The maximum absolute atomic E-state index is 12.3. The van der Waals surface area contributed by atoms with Gasteiger partial charge < -0.3 is 15.4 Å². The van der Waals surface area contributed by atoms with Gasteiger partial charge in [0.1, 0.15) is 5.75 Å². The Morgan fingerprint density at radius 1 is 1.05 bits per heavy atom. The molecule has 2 amide bonds. The number of nitrogens with one attached hydrogen (secondary N) is 2. The van der Waals surface area contributed by atoms with Gasteiger partial charge in [-0.2, -0.15) is 0 Å². The summed E-state index contributed by atoms with van der Waals surface area (Å²) in [4.78, 5) is 23.5. The number of rotatable bonds is 4. The number of benzene rings is 2. The topological polar surface area (TPSA) is 67.4 Å². The molecule has 0 heterocycles. The van der Waals surface area contributed by atoms with E-state index in [1.165, 1.54) is 6.92 Å². The molecule has 2 N–H and O–H groups in total. The predicted octanol–water partition coefficient (Wildman–Crippen LogP) is 3.21. The normalized spacial score (nSPS) is 9.95. The van der Waals surface area contributed by atoms with Crippen molar-refractivity contribution in [2.75, 3.05) is 17.7 Å². The molecule has 5 nitrogen and oxygen atoms in total. The van der Waals surface area contributed by atoms with E-state index in [-0.39, 0.29) is 11.8 Å². The third-order valence-electron chi connectivity index (χ3n) is 3.14. The van der Waals surface area contributed by atoms with Crippen LogP contribution in [-0.2, 0) is 4.79 Å². The molecule has 0 spiro atoms. The highest BCUT2D eigenvalue weighted by molar-refractivity contribution is 6.05. The average molecular weight is 298 g/mol. The van der Waals surface area contributed by atoms with Gasteiger partial charge in [0.05, 0.1) is 7.11 Å². The second kappa shape index (κ2) is 6.76. The zero-order valence-electron chi connectivity index (χ0n) is 12.8. The number of amides is 2. The summed E-state index contributed by atoms with van der Waals surface area (Å²) in [6, 6.07) is 12.3. The van der Waals surface area contributed by atoms with E-state index >= 15 is 0 Å². The van der Waals surface area contributed by atoms with Gasteiger partial charge in [0.25, 0.3) is 5.91 Å². The Labute approximate surface area is 129 Å². The van der Waals surface area contributed by atoms with Crippen LogP contribution in [0.25, 0.3) is 0 Å². The lowest BCUT2D eigenvalue weighted by molar-refractivity contribution is -0.114. The van der Waals surface area contributed by atoms with Gasteiger partial charge in [0, 0.05) is 29.9 Å². The van der Waals surface area contributed by atoms with E-state index in [1.807, 2.05) is 6.92 Å². The lowest BCUT2D eigenvalue weighted by Crippen LogP contribution is -2.13. The summed E-state index contributed by atoms with van der Waals surface area (Å²) >= 11 is 0. The monoisotopic (exact) mass is 298 g/mol. The summed E-state index contributed by atoms with van der Waals surface area (Å²) in [6.45, 7) is 3.30. The van der Waals surface area contributed by atoms with Crippen molar-refractivity contribution in [3.63, 3.8) is 0 Å². The third kappa shape index (κ3) is 3.85. The van der Waals surface area contributed by atoms with Crippen LogP contribution in [0.15, 0.2) is 42.5 Å². The van der Waals surface area contributed by atoms with Gasteiger partial charge in [-0.25, -0.2) is 0 Å². The first-order valence-electron chi connectivity index (χ1n) is 6.83. The zero-order chi connectivity index (χ0) is 16.1. The van der Waals surface area contributed by atoms with Crippen molar-refractivity contribution in [2.24, 2.45) is 0 Å². The molecule has 0 radical (unpaired) electrons. The van der Waals surface area contributed by atoms with E-state index in [2.05, 4.69) is 10.6 Å². The van der Waals surface area contributed by atoms with Crippen LogP contribution in [0.4, 0.5) is 11.4 Å². The molecular formula is C17H18N2O3. The van der Waals surface area contributed by atoms with Crippen molar-refractivity contribution >= 4 is 23.2 Å². The molecule has 0 saturated heterocycles.